The lowest BCUT2D eigenvalue weighted by molar-refractivity contribution is -0.113. The summed E-state index contributed by atoms with van der Waals surface area (Å²) in [5, 5.41) is 3.83. The summed E-state index contributed by atoms with van der Waals surface area (Å²) in [6.07, 6.45) is 0. The third-order valence-electron chi connectivity index (χ3n) is 2.76. The Labute approximate surface area is 146 Å². The van der Waals surface area contributed by atoms with Gasteiger partial charge in [0.05, 0.1) is 15.7 Å². The van der Waals surface area contributed by atoms with Gasteiger partial charge in [0.1, 0.15) is 5.75 Å². The summed E-state index contributed by atoms with van der Waals surface area (Å²) in [6.45, 7) is 0. The number of hydrogen-bond donors (Lipinski definition) is 1. The number of halogens is 3. The minimum absolute atomic E-state index is 0.120. The number of hydrogen-bond acceptors (Lipinski definition) is 2. The lowest BCUT2D eigenvalue weighted by Gasteiger charge is -2.08. The van der Waals surface area contributed by atoms with Gasteiger partial charge in [-0.05, 0) is 29.8 Å². The maximum atomic E-state index is 12.0. The minimum Gasteiger partial charge on any atom is -0.324 e. The van der Waals surface area contributed by atoms with Gasteiger partial charge in [-0.15, -0.1) is 0 Å². The molecule has 1 atom stereocenters. The van der Waals surface area contributed by atoms with Crippen molar-refractivity contribution in [2.24, 2.45) is 0 Å². The Kier molecular flexibility index (Phi) is 6.26. The first kappa shape index (κ1) is 17.3. The van der Waals surface area contributed by atoms with Gasteiger partial charge in [-0.1, -0.05) is 53.0 Å². The maximum absolute atomic E-state index is 12.0. The van der Waals surface area contributed by atoms with E-state index >= 15 is 0 Å². The van der Waals surface area contributed by atoms with Crippen molar-refractivity contribution >= 4 is 57.2 Å². The van der Waals surface area contributed by atoms with E-state index in [9.17, 15) is 9.00 Å². The molecule has 0 fully saturated rings. The largest absolute Gasteiger partial charge is 0.324 e. The van der Waals surface area contributed by atoms with E-state index in [0.29, 0.717) is 15.7 Å². The number of nitrogens with one attached hydrogen (secondary N) is 1. The van der Waals surface area contributed by atoms with Crippen LogP contribution in [0.25, 0.3) is 0 Å². The van der Waals surface area contributed by atoms with Gasteiger partial charge in [0.15, 0.2) is 0 Å². The van der Waals surface area contributed by atoms with Crippen LogP contribution < -0.4 is 5.32 Å². The molecule has 116 valence electrons. The van der Waals surface area contributed by atoms with E-state index in [1.54, 1.807) is 42.5 Å². The summed E-state index contributed by atoms with van der Waals surface area (Å²) in [6, 6.07) is 11.9. The smallest absolute Gasteiger partial charge is 0.237 e. The van der Waals surface area contributed by atoms with Gasteiger partial charge < -0.3 is 5.32 Å². The molecule has 0 bridgehead atoms. The summed E-state index contributed by atoms with van der Waals surface area (Å²) in [5.74, 6) is -0.212. The molecular formula is C15H12Cl3NO2S. The summed E-state index contributed by atoms with van der Waals surface area (Å²) in [5.41, 5.74) is 1.26. The van der Waals surface area contributed by atoms with E-state index in [2.05, 4.69) is 5.32 Å². The first-order valence-electron chi connectivity index (χ1n) is 6.29. The van der Waals surface area contributed by atoms with Crippen molar-refractivity contribution in [1.82, 2.24) is 0 Å². The predicted molar refractivity (Wildman–Crippen MR) is 93.3 cm³/mol. The molecule has 0 aliphatic carbocycles. The van der Waals surface area contributed by atoms with Gasteiger partial charge in [-0.25, -0.2) is 0 Å². The molecule has 0 saturated heterocycles. The Morgan fingerprint density at radius 2 is 1.73 bits per heavy atom. The highest BCUT2D eigenvalue weighted by Gasteiger charge is 2.12. The molecule has 2 aromatic rings. The molecule has 22 heavy (non-hydrogen) atoms. The molecule has 1 amide bonds. The van der Waals surface area contributed by atoms with Crippen molar-refractivity contribution in [1.29, 1.82) is 0 Å². The third kappa shape index (κ3) is 4.99. The van der Waals surface area contributed by atoms with Crippen molar-refractivity contribution in [3.63, 3.8) is 0 Å². The molecule has 1 unspecified atom stereocenters. The first-order valence-corrected chi connectivity index (χ1v) is 8.91. The van der Waals surface area contributed by atoms with Gasteiger partial charge in [0, 0.05) is 21.6 Å². The summed E-state index contributed by atoms with van der Waals surface area (Å²) in [7, 11) is -1.32. The SMILES string of the molecule is O=C(CS(=O)Cc1ccc(Cl)cc1)Nc1cccc(Cl)c1Cl. The highest BCUT2D eigenvalue weighted by atomic mass is 35.5. The standard InChI is InChI=1S/C15H12Cl3NO2S/c16-11-6-4-10(5-7-11)8-22(21)9-14(20)19-13-3-1-2-12(17)15(13)18/h1-7H,8-9H2,(H,19,20). The molecule has 2 rings (SSSR count). The van der Waals surface area contributed by atoms with Crippen LogP contribution >= 0.6 is 34.8 Å². The van der Waals surface area contributed by atoms with E-state index in [-0.39, 0.29) is 22.4 Å². The molecule has 0 aliphatic rings. The second-order valence-electron chi connectivity index (χ2n) is 4.50. The summed E-state index contributed by atoms with van der Waals surface area (Å²) < 4.78 is 12.0. The number of anilines is 1. The first-order chi connectivity index (χ1) is 10.5. The number of carbonyl (C=O) groups is 1. The van der Waals surface area contributed by atoms with Gasteiger partial charge in [0.2, 0.25) is 5.91 Å². The molecule has 0 saturated carbocycles. The Morgan fingerprint density at radius 3 is 2.41 bits per heavy atom. The van der Waals surface area contributed by atoms with Crippen LogP contribution in [-0.4, -0.2) is 15.9 Å². The van der Waals surface area contributed by atoms with Crippen molar-refractivity contribution in [3.05, 3.63) is 63.1 Å². The van der Waals surface area contributed by atoms with Crippen LogP contribution in [0.5, 0.6) is 0 Å². The average Bonchev–Trinajstić information content (AvgIpc) is 2.46. The maximum Gasteiger partial charge on any atom is 0.237 e. The Balaban J connectivity index is 1.92. The summed E-state index contributed by atoms with van der Waals surface area (Å²) in [4.78, 5) is 11.9. The predicted octanol–water partition coefficient (Wildman–Crippen LogP) is 4.53. The molecular weight excluding hydrogens is 365 g/mol. The zero-order chi connectivity index (χ0) is 16.1. The van der Waals surface area contributed by atoms with E-state index < -0.39 is 10.8 Å². The van der Waals surface area contributed by atoms with Gasteiger partial charge in [-0.2, -0.15) is 0 Å². The highest BCUT2D eigenvalue weighted by Crippen LogP contribution is 2.29. The van der Waals surface area contributed by atoms with Gasteiger partial charge in [-0.3, -0.25) is 9.00 Å². The fraction of sp³-hybridized carbons (Fsp3) is 0.133. The third-order valence-corrected chi connectivity index (χ3v) is 5.07. The lowest BCUT2D eigenvalue weighted by atomic mass is 10.2. The van der Waals surface area contributed by atoms with Gasteiger partial charge >= 0.3 is 0 Å². The minimum atomic E-state index is -1.32. The number of carbonyl (C=O) groups excluding carboxylic acids is 1. The van der Waals surface area contributed by atoms with Crippen molar-refractivity contribution < 1.29 is 9.00 Å². The van der Waals surface area contributed by atoms with Crippen LogP contribution in [0.2, 0.25) is 15.1 Å². The molecule has 3 nitrogen and oxygen atoms in total. The Hall–Kier alpha value is -1.07. The van der Waals surface area contributed by atoms with Crippen LogP contribution in [0.1, 0.15) is 5.56 Å². The van der Waals surface area contributed by atoms with E-state index in [1.165, 1.54) is 0 Å². The van der Waals surface area contributed by atoms with E-state index in [4.69, 9.17) is 34.8 Å². The molecule has 7 heteroatoms. The molecule has 0 spiro atoms. The monoisotopic (exact) mass is 375 g/mol. The van der Waals surface area contributed by atoms with Crippen LogP contribution in [0, 0.1) is 0 Å². The fourth-order valence-corrected chi connectivity index (χ4v) is 3.26. The fourth-order valence-electron chi connectivity index (χ4n) is 1.75. The molecule has 0 aromatic heterocycles. The van der Waals surface area contributed by atoms with Crippen molar-refractivity contribution in [2.75, 3.05) is 11.1 Å². The van der Waals surface area contributed by atoms with Crippen LogP contribution in [0.4, 0.5) is 5.69 Å². The normalized spacial score (nSPS) is 12.0. The van der Waals surface area contributed by atoms with Crippen molar-refractivity contribution in [3.8, 4) is 0 Å². The van der Waals surface area contributed by atoms with E-state index in [0.717, 1.165) is 5.56 Å². The number of rotatable bonds is 5. The average molecular weight is 377 g/mol. The zero-order valence-corrected chi connectivity index (χ0v) is 14.4. The van der Waals surface area contributed by atoms with Crippen molar-refractivity contribution in [2.45, 2.75) is 5.75 Å². The Morgan fingerprint density at radius 1 is 1.05 bits per heavy atom. The molecule has 2 aromatic carbocycles. The quantitative estimate of drug-likeness (QED) is 0.833. The molecule has 0 heterocycles. The van der Waals surface area contributed by atoms with Gasteiger partial charge in [0.25, 0.3) is 0 Å². The highest BCUT2D eigenvalue weighted by molar-refractivity contribution is 7.84. The van der Waals surface area contributed by atoms with Crippen LogP contribution in [0.15, 0.2) is 42.5 Å². The molecule has 0 aliphatic heterocycles. The topological polar surface area (TPSA) is 46.2 Å². The number of benzene rings is 2. The van der Waals surface area contributed by atoms with E-state index in [1.807, 2.05) is 0 Å². The number of amides is 1. The lowest BCUT2D eigenvalue weighted by Crippen LogP contribution is -2.20. The Bertz CT molecular complexity index is 704. The van der Waals surface area contributed by atoms with Crippen LogP contribution in [-0.2, 0) is 21.3 Å². The second-order valence-corrected chi connectivity index (χ2v) is 7.18. The molecule has 0 radical (unpaired) electrons. The zero-order valence-electron chi connectivity index (χ0n) is 11.3. The molecule has 1 N–H and O–H groups in total. The summed E-state index contributed by atoms with van der Waals surface area (Å²) >= 11 is 17.6. The van der Waals surface area contributed by atoms with Crippen LogP contribution in [0.3, 0.4) is 0 Å². The second kappa shape index (κ2) is 7.97.